The first kappa shape index (κ1) is 17.9. The topological polar surface area (TPSA) is 68.7 Å². The first-order chi connectivity index (χ1) is 11.7. The molecule has 0 saturated carbocycles. The van der Waals surface area contributed by atoms with Crippen molar-refractivity contribution in [2.75, 3.05) is 6.61 Å². The van der Waals surface area contributed by atoms with Crippen molar-refractivity contribution in [1.82, 2.24) is 4.98 Å². The van der Waals surface area contributed by atoms with E-state index in [4.69, 9.17) is 9.47 Å². The Bertz CT molecular complexity index is 791. The number of thiazole rings is 1. The molecule has 1 aromatic heterocycles. The molecule has 25 heavy (non-hydrogen) atoms. The zero-order chi connectivity index (χ0) is 18.2. The van der Waals surface area contributed by atoms with Gasteiger partial charge in [-0.25, -0.2) is 9.78 Å². The second-order valence-electron chi connectivity index (χ2n) is 7.17. The predicted octanol–water partition coefficient (Wildman–Crippen LogP) is 4.38. The number of hydrogen-bond donors (Lipinski definition) is 1. The molecule has 0 radical (unpaired) electrons. The summed E-state index contributed by atoms with van der Waals surface area (Å²) in [6, 6.07) is 5.95. The van der Waals surface area contributed by atoms with Crippen molar-refractivity contribution < 1.29 is 19.4 Å². The summed E-state index contributed by atoms with van der Waals surface area (Å²) in [5.41, 5.74) is 2.17. The molecule has 1 unspecified atom stereocenters. The molecule has 0 aliphatic carbocycles. The number of nitrogens with zero attached hydrogens (tertiary/aromatic N) is 1. The predicted molar refractivity (Wildman–Crippen MR) is 97.3 cm³/mol. The van der Waals surface area contributed by atoms with Crippen molar-refractivity contribution in [3.05, 3.63) is 33.6 Å². The molecule has 2 aromatic rings. The molecule has 134 valence electrons. The summed E-state index contributed by atoms with van der Waals surface area (Å²) in [7, 11) is 0. The largest absolute Gasteiger partial charge is 0.493 e. The average molecular weight is 361 g/mol. The summed E-state index contributed by atoms with van der Waals surface area (Å²) in [4.78, 5) is 17.1. The monoisotopic (exact) mass is 361 g/mol. The normalized spacial score (nSPS) is 15.4. The first-order valence-corrected chi connectivity index (χ1v) is 9.20. The number of hydrogen-bond acceptors (Lipinski definition) is 5. The highest BCUT2D eigenvalue weighted by molar-refractivity contribution is 7.12. The van der Waals surface area contributed by atoms with Crippen LogP contribution in [0.25, 0.3) is 11.3 Å². The maximum absolute atomic E-state index is 11.8. The highest BCUT2D eigenvalue weighted by atomic mass is 32.1. The molecule has 2 heterocycles. The van der Waals surface area contributed by atoms with E-state index < -0.39 is 17.7 Å². The lowest BCUT2D eigenvalue weighted by molar-refractivity contribution is -0.160. The first-order valence-electron chi connectivity index (χ1n) is 8.38. The van der Waals surface area contributed by atoms with Gasteiger partial charge in [0.25, 0.3) is 0 Å². The van der Waals surface area contributed by atoms with Crippen LogP contribution in [-0.2, 0) is 16.0 Å². The van der Waals surface area contributed by atoms with E-state index in [2.05, 4.69) is 11.1 Å². The molecule has 1 atom stereocenters. The summed E-state index contributed by atoms with van der Waals surface area (Å²) >= 11 is 1.38. The van der Waals surface area contributed by atoms with Crippen molar-refractivity contribution in [3.8, 4) is 17.0 Å². The second kappa shape index (κ2) is 6.77. The van der Waals surface area contributed by atoms with Crippen LogP contribution in [0.5, 0.6) is 5.75 Å². The van der Waals surface area contributed by atoms with Crippen LogP contribution in [0.2, 0.25) is 0 Å². The zero-order valence-corrected chi connectivity index (χ0v) is 15.8. The molecule has 0 bridgehead atoms. The minimum atomic E-state index is -1.03. The van der Waals surface area contributed by atoms with Gasteiger partial charge in [0, 0.05) is 5.56 Å². The van der Waals surface area contributed by atoms with Gasteiger partial charge in [-0.15, -0.1) is 11.3 Å². The minimum Gasteiger partial charge on any atom is -0.493 e. The Kier molecular flexibility index (Phi) is 4.84. The fraction of sp³-hybridized carbons (Fsp3) is 0.474. The lowest BCUT2D eigenvalue weighted by Crippen LogP contribution is -2.27. The molecule has 0 amide bonds. The standard InChI is InChI=1S/C19H23NO4S/c1-11-20-15(13-7-8-14-12(10-13)6-5-9-23-14)17(25-11)16(18(21)22)24-19(2,3)4/h7-8,10,16H,5-6,9H2,1-4H3,(H,21,22). The lowest BCUT2D eigenvalue weighted by Gasteiger charge is -2.25. The number of aliphatic carboxylic acids is 1. The number of rotatable bonds is 4. The summed E-state index contributed by atoms with van der Waals surface area (Å²) < 4.78 is 11.5. The van der Waals surface area contributed by atoms with Crippen LogP contribution in [0.3, 0.4) is 0 Å². The Balaban J connectivity index is 2.04. The molecular weight excluding hydrogens is 338 g/mol. The third-order valence-corrected chi connectivity index (χ3v) is 4.89. The van der Waals surface area contributed by atoms with E-state index in [0.717, 1.165) is 41.3 Å². The van der Waals surface area contributed by atoms with E-state index in [1.54, 1.807) is 0 Å². The molecule has 3 rings (SSSR count). The molecule has 0 saturated heterocycles. The quantitative estimate of drug-likeness (QED) is 0.875. The van der Waals surface area contributed by atoms with Gasteiger partial charge in [0.05, 0.1) is 27.8 Å². The molecule has 0 spiro atoms. The van der Waals surface area contributed by atoms with Crippen LogP contribution in [0.1, 0.15) is 48.7 Å². The van der Waals surface area contributed by atoms with Gasteiger partial charge in [-0.3, -0.25) is 0 Å². The van der Waals surface area contributed by atoms with Crippen molar-refractivity contribution >= 4 is 17.3 Å². The summed E-state index contributed by atoms with van der Waals surface area (Å²) in [6.45, 7) is 8.19. The smallest absolute Gasteiger partial charge is 0.338 e. The molecule has 5 nitrogen and oxygen atoms in total. The lowest BCUT2D eigenvalue weighted by atomic mass is 10.0. The van der Waals surface area contributed by atoms with Crippen LogP contribution in [0.4, 0.5) is 0 Å². The third-order valence-electron chi connectivity index (χ3n) is 3.88. The van der Waals surface area contributed by atoms with Gasteiger partial charge >= 0.3 is 5.97 Å². The minimum absolute atomic E-state index is 0.568. The van der Waals surface area contributed by atoms with Crippen LogP contribution < -0.4 is 4.74 Å². The highest BCUT2D eigenvalue weighted by Gasteiger charge is 2.31. The molecule has 0 fully saturated rings. The fourth-order valence-corrected chi connectivity index (χ4v) is 3.88. The van der Waals surface area contributed by atoms with Crippen molar-refractivity contribution in [2.45, 2.75) is 52.2 Å². The van der Waals surface area contributed by atoms with E-state index in [-0.39, 0.29) is 0 Å². The summed E-state index contributed by atoms with van der Waals surface area (Å²) in [6.07, 6.45) is 0.917. The van der Waals surface area contributed by atoms with Gasteiger partial charge < -0.3 is 14.6 Å². The fourth-order valence-electron chi connectivity index (χ4n) is 2.90. The van der Waals surface area contributed by atoms with Gasteiger partial charge in [0.15, 0.2) is 6.10 Å². The number of ether oxygens (including phenoxy) is 2. The average Bonchev–Trinajstić information content (AvgIpc) is 2.92. The van der Waals surface area contributed by atoms with Gasteiger partial charge in [-0.05, 0) is 64.3 Å². The van der Waals surface area contributed by atoms with Crippen molar-refractivity contribution in [2.24, 2.45) is 0 Å². The molecule has 1 aromatic carbocycles. The molecule has 1 N–H and O–H groups in total. The van der Waals surface area contributed by atoms with Crippen molar-refractivity contribution in [3.63, 3.8) is 0 Å². The Morgan fingerprint density at radius 2 is 2.16 bits per heavy atom. The van der Waals surface area contributed by atoms with Crippen LogP contribution in [0.15, 0.2) is 18.2 Å². The number of carboxylic acids is 1. The Morgan fingerprint density at radius 1 is 1.40 bits per heavy atom. The zero-order valence-electron chi connectivity index (χ0n) is 15.0. The van der Waals surface area contributed by atoms with Crippen LogP contribution in [-0.4, -0.2) is 28.3 Å². The van der Waals surface area contributed by atoms with Gasteiger partial charge in [0.2, 0.25) is 0 Å². The van der Waals surface area contributed by atoms with Crippen LogP contribution >= 0.6 is 11.3 Å². The SMILES string of the molecule is Cc1nc(-c2ccc3c(c2)CCCO3)c(C(OC(C)(C)C)C(=O)O)s1. The van der Waals surface area contributed by atoms with E-state index in [1.807, 2.05) is 39.8 Å². The summed E-state index contributed by atoms with van der Waals surface area (Å²) in [5, 5.41) is 10.5. The van der Waals surface area contributed by atoms with E-state index >= 15 is 0 Å². The van der Waals surface area contributed by atoms with Crippen LogP contribution in [0, 0.1) is 6.92 Å². The van der Waals surface area contributed by atoms with Gasteiger partial charge in [-0.1, -0.05) is 0 Å². The molecular formula is C19H23NO4S. The number of carbonyl (C=O) groups is 1. The maximum atomic E-state index is 11.8. The third kappa shape index (κ3) is 4.02. The Morgan fingerprint density at radius 3 is 2.84 bits per heavy atom. The Hall–Kier alpha value is -1.92. The van der Waals surface area contributed by atoms with Gasteiger partial charge in [0.1, 0.15) is 5.75 Å². The Labute approximate surface area is 151 Å². The second-order valence-corrected chi connectivity index (χ2v) is 8.40. The number of carboxylic acid groups (broad SMARTS) is 1. The number of aromatic nitrogens is 1. The van der Waals surface area contributed by atoms with Gasteiger partial charge in [-0.2, -0.15) is 0 Å². The molecule has 1 aliphatic heterocycles. The van der Waals surface area contributed by atoms with E-state index in [1.165, 1.54) is 11.3 Å². The van der Waals surface area contributed by atoms with E-state index in [0.29, 0.717) is 10.6 Å². The molecule has 6 heteroatoms. The summed E-state index contributed by atoms with van der Waals surface area (Å²) in [5.74, 6) is -0.0923. The maximum Gasteiger partial charge on any atom is 0.338 e. The number of benzene rings is 1. The number of fused-ring (bicyclic) bond motifs is 1. The highest BCUT2D eigenvalue weighted by Crippen LogP contribution is 2.38. The number of aryl methyl sites for hydroxylation is 2. The van der Waals surface area contributed by atoms with Crippen molar-refractivity contribution in [1.29, 1.82) is 0 Å². The van der Waals surface area contributed by atoms with E-state index in [9.17, 15) is 9.90 Å². The molecule has 1 aliphatic rings.